The van der Waals surface area contributed by atoms with Gasteiger partial charge in [0, 0.05) is 15.8 Å². The molecule has 0 amide bonds. The quantitative estimate of drug-likeness (QED) is 0.584. The number of hydrogen-bond donors (Lipinski definition) is 1. The van der Waals surface area contributed by atoms with Crippen molar-refractivity contribution in [3.8, 4) is 0 Å². The number of aryl methyl sites for hydroxylation is 1. The summed E-state index contributed by atoms with van der Waals surface area (Å²) in [5, 5.41) is 0.387. The van der Waals surface area contributed by atoms with E-state index in [0.717, 1.165) is 5.56 Å². The molecule has 0 atom stereocenters. The highest BCUT2D eigenvalue weighted by molar-refractivity contribution is 7.99. The zero-order valence-corrected chi connectivity index (χ0v) is 8.91. The third-order valence-corrected chi connectivity index (χ3v) is 2.72. The largest absolute Gasteiger partial charge is 0.398 e. The van der Waals surface area contributed by atoms with Crippen molar-refractivity contribution < 1.29 is 4.39 Å². The third-order valence-electron chi connectivity index (χ3n) is 1.68. The van der Waals surface area contributed by atoms with Crippen LogP contribution in [-0.4, -0.2) is 5.25 Å². The number of nitrogens with two attached hydrogens (primary N) is 1. The fraction of sp³-hybridized carbons (Fsp3) is 0.400. The number of halogens is 1. The first kappa shape index (κ1) is 10.4. The highest BCUT2D eigenvalue weighted by atomic mass is 32.2. The highest BCUT2D eigenvalue weighted by Crippen LogP contribution is 2.28. The molecule has 0 aliphatic heterocycles. The third kappa shape index (κ3) is 2.62. The summed E-state index contributed by atoms with van der Waals surface area (Å²) < 4.78 is 13.3. The molecule has 0 spiro atoms. The van der Waals surface area contributed by atoms with Crippen LogP contribution in [0.25, 0.3) is 0 Å². The smallest absolute Gasteiger partial charge is 0.138 e. The fourth-order valence-electron chi connectivity index (χ4n) is 1.01. The molecule has 0 aliphatic carbocycles. The van der Waals surface area contributed by atoms with Crippen molar-refractivity contribution in [2.75, 3.05) is 5.73 Å². The van der Waals surface area contributed by atoms with E-state index >= 15 is 0 Å². The van der Waals surface area contributed by atoms with Crippen LogP contribution < -0.4 is 5.73 Å². The maximum Gasteiger partial charge on any atom is 0.138 e. The van der Waals surface area contributed by atoms with Crippen LogP contribution in [0.5, 0.6) is 0 Å². The molecule has 1 rings (SSSR count). The number of nitrogen functional groups attached to an aromatic ring is 1. The Kier molecular flexibility index (Phi) is 3.20. The molecular formula is C10H14FNS. The van der Waals surface area contributed by atoms with Crippen LogP contribution in [0, 0.1) is 12.7 Å². The molecule has 0 heterocycles. The normalized spacial score (nSPS) is 10.8. The molecule has 0 bridgehead atoms. The minimum absolute atomic E-state index is 0.221. The summed E-state index contributed by atoms with van der Waals surface area (Å²) in [4.78, 5) is 0.682. The van der Waals surface area contributed by atoms with Crippen LogP contribution in [0.15, 0.2) is 17.0 Å². The van der Waals surface area contributed by atoms with E-state index in [-0.39, 0.29) is 5.82 Å². The van der Waals surface area contributed by atoms with E-state index in [9.17, 15) is 4.39 Å². The Morgan fingerprint density at radius 2 is 2.00 bits per heavy atom. The number of hydrogen-bond acceptors (Lipinski definition) is 2. The van der Waals surface area contributed by atoms with Crippen LogP contribution in [0.3, 0.4) is 0 Å². The van der Waals surface area contributed by atoms with E-state index in [1.165, 1.54) is 17.8 Å². The van der Waals surface area contributed by atoms with Crippen molar-refractivity contribution in [1.82, 2.24) is 0 Å². The Balaban J connectivity index is 3.01. The first-order valence-electron chi connectivity index (χ1n) is 4.23. The lowest BCUT2D eigenvalue weighted by Gasteiger charge is -2.08. The molecule has 72 valence electrons. The first-order chi connectivity index (χ1) is 6.00. The monoisotopic (exact) mass is 199 g/mol. The zero-order valence-electron chi connectivity index (χ0n) is 8.10. The molecule has 1 aromatic rings. The van der Waals surface area contributed by atoms with Crippen molar-refractivity contribution in [3.63, 3.8) is 0 Å². The molecule has 0 fully saturated rings. The van der Waals surface area contributed by atoms with Crippen LogP contribution in [-0.2, 0) is 0 Å². The Hall–Kier alpha value is -0.700. The fourth-order valence-corrected chi connectivity index (χ4v) is 1.94. The van der Waals surface area contributed by atoms with Gasteiger partial charge in [0.25, 0.3) is 0 Å². The van der Waals surface area contributed by atoms with Crippen molar-refractivity contribution in [1.29, 1.82) is 0 Å². The summed E-state index contributed by atoms with van der Waals surface area (Å²) in [7, 11) is 0. The number of anilines is 1. The number of benzene rings is 1. The van der Waals surface area contributed by atoms with E-state index in [1.807, 2.05) is 20.8 Å². The van der Waals surface area contributed by atoms with Crippen molar-refractivity contribution in [2.45, 2.75) is 30.9 Å². The van der Waals surface area contributed by atoms with Gasteiger partial charge in [-0.05, 0) is 24.6 Å². The summed E-state index contributed by atoms with van der Waals surface area (Å²) >= 11 is 1.52. The van der Waals surface area contributed by atoms with Gasteiger partial charge in [0.1, 0.15) is 5.82 Å². The molecular weight excluding hydrogens is 185 g/mol. The second kappa shape index (κ2) is 4.01. The Bertz CT molecular complexity index is 310. The van der Waals surface area contributed by atoms with Gasteiger partial charge in [-0.25, -0.2) is 4.39 Å². The highest BCUT2D eigenvalue weighted by Gasteiger charge is 2.07. The van der Waals surface area contributed by atoms with Crippen molar-refractivity contribution in [2.24, 2.45) is 0 Å². The zero-order chi connectivity index (χ0) is 10.0. The summed E-state index contributed by atoms with van der Waals surface area (Å²) in [5.74, 6) is -0.221. The maximum absolute atomic E-state index is 13.3. The van der Waals surface area contributed by atoms with Crippen LogP contribution in [0.2, 0.25) is 0 Å². The predicted octanol–water partition coefficient (Wildman–Crippen LogP) is 3.22. The SMILES string of the molecule is Cc1cc(SC(C)C)c(F)cc1N. The molecule has 2 N–H and O–H groups in total. The summed E-state index contributed by atoms with van der Waals surface area (Å²) in [6.07, 6.45) is 0. The lowest BCUT2D eigenvalue weighted by molar-refractivity contribution is 0.602. The molecule has 0 saturated carbocycles. The molecule has 3 heteroatoms. The van der Waals surface area contributed by atoms with Crippen LogP contribution in [0.4, 0.5) is 10.1 Å². The van der Waals surface area contributed by atoms with Gasteiger partial charge in [-0.2, -0.15) is 0 Å². The predicted molar refractivity (Wildman–Crippen MR) is 56.5 cm³/mol. The molecule has 0 aromatic heterocycles. The van der Waals surface area contributed by atoms with Gasteiger partial charge >= 0.3 is 0 Å². The lowest BCUT2D eigenvalue weighted by Crippen LogP contribution is -1.95. The molecule has 0 aliphatic rings. The second-order valence-corrected chi connectivity index (χ2v) is 4.92. The molecule has 0 unspecified atom stereocenters. The first-order valence-corrected chi connectivity index (χ1v) is 5.11. The van der Waals surface area contributed by atoms with E-state index in [1.54, 1.807) is 6.07 Å². The van der Waals surface area contributed by atoms with Crippen LogP contribution in [0.1, 0.15) is 19.4 Å². The molecule has 0 saturated heterocycles. The summed E-state index contributed by atoms with van der Waals surface area (Å²) in [5.41, 5.74) is 7.02. The second-order valence-electron chi connectivity index (χ2n) is 3.31. The number of rotatable bonds is 2. The van der Waals surface area contributed by atoms with E-state index in [0.29, 0.717) is 15.8 Å². The van der Waals surface area contributed by atoms with Crippen LogP contribution >= 0.6 is 11.8 Å². The van der Waals surface area contributed by atoms with Gasteiger partial charge in [0.15, 0.2) is 0 Å². The lowest BCUT2D eigenvalue weighted by atomic mass is 10.2. The Labute approximate surface area is 82.5 Å². The standard InChI is InChI=1S/C10H14FNS/c1-6(2)13-10-4-7(3)9(12)5-8(10)11/h4-6H,12H2,1-3H3. The average molecular weight is 199 g/mol. The van der Waals surface area contributed by atoms with Gasteiger partial charge in [-0.15, -0.1) is 11.8 Å². The van der Waals surface area contributed by atoms with Crippen molar-refractivity contribution >= 4 is 17.4 Å². The Morgan fingerprint density at radius 1 is 1.38 bits per heavy atom. The van der Waals surface area contributed by atoms with E-state index in [2.05, 4.69) is 0 Å². The van der Waals surface area contributed by atoms with Gasteiger partial charge in [0.2, 0.25) is 0 Å². The molecule has 1 aromatic carbocycles. The van der Waals surface area contributed by atoms with Gasteiger partial charge in [0.05, 0.1) is 0 Å². The average Bonchev–Trinajstić information content (AvgIpc) is 1.99. The number of thioether (sulfide) groups is 1. The minimum Gasteiger partial charge on any atom is -0.398 e. The van der Waals surface area contributed by atoms with E-state index in [4.69, 9.17) is 5.73 Å². The van der Waals surface area contributed by atoms with Crippen molar-refractivity contribution in [3.05, 3.63) is 23.5 Å². The molecule has 13 heavy (non-hydrogen) atoms. The Morgan fingerprint density at radius 3 is 2.54 bits per heavy atom. The summed E-state index contributed by atoms with van der Waals surface area (Å²) in [6, 6.07) is 3.19. The van der Waals surface area contributed by atoms with Gasteiger partial charge < -0.3 is 5.73 Å². The minimum atomic E-state index is -0.221. The van der Waals surface area contributed by atoms with Gasteiger partial charge in [-0.1, -0.05) is 13.8 Å². The van der Waals surface area contributed by atoms with E-state index < -0.39 is 0 Å². The topological polar surface area (TPSA) is 26.0 Å². The van der Waals surface area contributed by atoms with Gasteiger partial charge in [-0.3, -0.25) is 0 Å². The maximum atomic E-state index is 13.3. The molecule has 1 nitrogen and oxygen atoms in total. The summed E-state index contributed by atoms with van der Waals surface area (Å²) in [6.45, 7) is 5.96. The molecule has 0 radical (unpaired) electrons.